The highest BCUT2D eigenvalue weighted by atomic mass is 16.6. The van der Waals surface area contributed by atoms with E-state index in [4.69, 9.17) is 4.42 Å². The summed E-state index contributed by atoms with van der Waals surface area (Å²) >= 11 is 0. The first kappa shape index (κ1) is 22.4. The molecular formula is C23H18N4O7. The van der Waals surface area contributed by atoms with Crippen molar-refractivity contribution in [3.8, 4) is 17.2 Å². The molecule has 0 spiro atoms. The highest BCUT2D eigenvalue weighted by Gasteiger charge is 2.25. The van der Waals surface area contributed by atoms with Gasteiger partial charge >= 0.3 is 0 Å². The number of benzene rings is 3. The molecule has 0 aliphatic carbocycles. The molecule has 172 valence electrons. The second-order valence-electron chi connectivity index (χ2n) is 7.76. The first-order chi connectivity index (χ1) is 16.0. The highest BCUT2D eigenvalue weighted by Crippen LogP contribution is 2.34. The number of aryl methyl sites for hydroxylation is 2. The zero-order valence-corrected chi connectivity index (χ0v) is 18.3. The van der Waals surface area contributed by atoms with Gasteiger partial charge in [0.05, 0.1) is 21.0 Å². The van der Waals surface area contributed by atoms with E-state index in [1.165, 1.54) is 25.1 Å². The lowest BCUT2D eigenvalue weighted by atomic mass is 10.1. The SMILES string of the molecule is Cc1cc2nc(-c3cc(NC(=O)c4cc([N+](=O)[O-])c(C)c([N+](=O)[O-])c4)ccc3O)oc2cc1C. The minimum Gasteiger partial charge on any atom is -0.507 e. The number of rotatable bonds is 5. The fourth-order valence-corrected chi connectivity index (χ4v) is 3.48. The predicted molar refractivity (Wildman–Crippen MR) is 123 cm³/mol. The molecule has 34 heavy (non-hydrogen) atoms. The summed E-state index contributed by atoms with van der Waals surface area (Å²) in [6, 6.07) is 9.81. The smallest absolute Gasteiger partial charge is 0.279 e. The summed E-state index contributed by atoms with van der Waals surface area (Å²) in [7, 11) is 0. The maximum Gasteiger partial charge on any atom is 0.279 e. The molecule has 0 aliphatic heterocycles. The lowest BCUT2D eigenvalue weighted by molar-refractivity contribution is -0.395. The third-order valence-corrected chi connectivity index (χ3v) is 5.50. The molecule has 2 N–H and O–H groups in total. The van der Waals surface area contributed by atoms with Crippen LogP contribution in [0.4, 0.5) is 17.1 Å². The number of hydrogen-bond acceptors (Lipinski definition) is 8. The molecule has 4 rings (SSSR count). The summed E-state index contributed by atoms with van der Waals surface area (Å²) in [4.78, 5) is 38.2. The van der Waals surface area contributed by atoms with Gasteiger partial charge in [-0.15, -0.1) is 0 Å². The number of carbonyl (C=O) groups excluding carboxylic acids is 1. The van der Waals surface area contributed by atoms with Crippen molar-refractivity contribution in [3.63, 3.8) is 0 Å². The normalized spacial score (nSPS) is 10.9. The molecule has 1 amide bonds. The molecule has 3 aromatic carbocycles. The van der Waals surface area contributed by atoms with Crippen molar-refractivity contribution in [2.75, 3.05) is 5.32 Å². The van der Waals surface area contributed by atoms with Crippen LogP contribution in [0.5, 0.6) is 5.75 Å². The van der Waals surface area contributed by atoms with Gasteiger partial charge in [0, 0.05) is 17.8 Å². The number of amides is 1. The van der Waals surface area contributed by atoms with Crippen LogP contribution in [0.1, 0.15) is 27.0 Å². The van der Waals surface area contributed by atoms with E-state index >= 15 is 0 Å². The maximum atomic E-state index is 12.8. The van der Waals surface area contributed by atoms with Gasteiger partial charge < -0.3 is 14.8 Å². The van der Waals surface area contributed by atoms with Gasteiger partial charge in [0.25, 0.3) is 17.3 Å². The third kappa shape index (κ3) is 4.01. The molecule has 11 nitrogen and oxygen atoms in total. The highest BCUT2D eigenvalue weighted by molar-refractivity contribution is 6.05. The molecule has 1 heterocycles. The van der Waals surface area contributed by atoms with Crippen LogP contribution in [-0.4, -0.2) is 25.8 Å². The first-order valence-electron chi connectivity index (χ1n) is 10.0. The maximum absolute atomic E-state index is 12.8. The number of carbonyl (C=O) groups is 1. The molecule has 0 atom stereocenters. The van der Waals surface area contributed by atoms with E-state index in [-0.39, 0.29) is 34.0 Å². The summed E-state index contributed by atoms with van der Waals surface area (Å²) in [5.74, 6) is -0.804. The number of nitro groups is 2. The fourth-order valence-electron chi connectivity index (χ4n) is 3.48. The Kier molecular flexibility index (Phi) is 5.45. The number of phenolic OH excluding ortho intramolecular Hbond substituents is 1. The Bertz CT molecular complexity index is 1430. The Hall–Kier alpha value is -4.80. The summed E-state index contributed by atoms with van der Waals surface area (Å²) in [6.45, 7) is 5.12. The number of hydrogen-bond donors (Lipinski definition) is 2. The topological polar surface area (TPSA) is 162 Å². The van der Waals surface area contributed by atoms with Crippen LogP contribution < -0.4 is 5.32 Å². The average molecular weight is 462 g/mol. The summed E-state index contributed by atoms with van der Waals surface area (Å²) in [5, 5.41) is 35.5. The molecular weight excluding hydrogens is 444 g/mol. The van der Waals surface area contributed by atoms with Gasteiger partial charge in [-0.3, -0.25) is 25.0 Å². The van der Waals surface area contributed by atoms with Crippen LogP contribution in [0.3, 0.4) is 0 Å². The number of nitrogens with one attached hydrogen (secondary N) is 1. The summed E-state index contributed by atoms with van der Waals surface area (Å²) < 4.78 is 5.78. The van der Waals surface area contributed by atoms with Gasteiger partial charge in [-0.05, 0) is 62.2 Å². The molecule has 4 aromatic rings. The van der Waals surface area contributed by atoms with Crippen LogP contribution in [0, 0.1) is 41.0 Å². The number of nitro benzene ring substituents is 2. The number of aromatic nitrogens is 1. The monoisotopic (exact) mass is 462 g/mol. The van der Waals surface area contributed by atoms with Crippen molar-refractivity contribution in [1.82, 2.24) is 4.98 Å². The summed E-state index contributed by atoms with van der Waals surface area (Å²) in [6.07, 6.45) is 0. The largest absolute Gasteiger partial charge is 0.507 e. The molecule has 11 heteroatoms. The zero-order chi connectivity index (χ0) is 24.7. The van der Waals surface area contributed by atoms with Gasteiger partial charge in [0.15, 0.2) is 5.58 Å². The lowest BCUT2D eigenvalue weighted by Crippen LogP contribution is -2.13. The Morgan fingerprint density at radius 2 is 1.59 bits per heavy atom. The van der Waals surface area contributed by atoms with E-state index in [1.807, 2.05) is 26.0 Å². The van der Waals surface area contributed by atoms with Crippen LogP contribution in [0.15, 0.2) is 46.9 Å². The van der Waals surface area contributed by atoms with Gasteiger partial charge in [-0.2, -0.15) is 0 Å². The fraction of sp³-hybridized carbons (Fsp3) is 0.130. The standard InChI is InChI=1S/C23H18N4O7/c1-11-6-17-21(7-12(11)2)34-23(25-17)16-10-15(4-5-20(16)28)24-22(29)14-8-18(26(30)31)13(3)19(9-14)27(32)33/h4-10,28H,1-3H3,(H,24,29). The van der Waals surface area contributed by atoms with Crippen molar-refractivity contribution in [1.29, 1.82) is 0 Å². The van der Waals surface area contributed by atoms with E-state index in [0.29, 0.717) is 11.1 Å². The second kappa shape index (κ2) is 8.28. The minimum absolute atomic E-state index is 0.134. The van der Waals surface area contributed by atoms with Gasteiger partial charge in [0.1, 0.15) is 16.8 Å². The average Bonchev–Trinajstić information content (AvgIpc) is 3.17. The Morgan fingerprint density at radius 3 is 2.21 bits per heavy atom. The van der Waals surface area contributed by atoms with E-state index < -0.39 is 27.1 Å². The third-order valence-electron chi connectivity index (χ3n) is 5.50. The van der Waals surface area contributed by atoms with Crippen molar-refractivity contribution in [2.45, 2.75) is 20.8 Å². The number of oxazole rings is 1. The summed E-state index contributed by atoms with van der Waals surface area (Å²) in [5.41, 5.74) is 2.12. The quantitative estimate of drug-likeness (QED) is 0.232. The Morgan fingerprint density at radius 1 is 0.971 bits per heavy atom. The number of anilines is 1. The zero-order valence-electron chi connectivity index (χ0n) is 18.3. The molecule has 0 saturated carbocycles. The van der Waals surface area contributed by atoms with Crippen LogP contribution in [0.2, 0.25) is 0 Å². The van der Waals surface area contributed by atoms with Crippen LogP contribution >= 0.6 is 0 Å². The van der Waals surface area contributed by atoms with Crippen molar-refractivity contribution in [3.05, 3.63) is 84.9 Å². The van der Waals surface area contributed by atoms with Crippen LogP contribution in [0.25, 0.3) is 22.6 Å². The molecule has 0 saturated heterocycles. The van der Waals surface area contributed by atoms with Crippen molar-refractivity contribution in [2.24, 2.45) is 0 Å². The Labute approximate surface area is 192 Å². The van der Waals surface area contributed by atoms with Crippen LogP contribution in [-0.2, 0) is 0 Å². The lowest BCUT2D eigenvalue weighted by Gasteiger charge is -2.09. The van der Waals surface area contributed by atoms with E-state index in [2.05, 4.69) is 10.3 Å². The molecule has 0 bridgehead atoms. The number of aromatic hydroxyl groups is 1. The van der Waals surface area contributed by atoms with Gasteiger partial charge in [-0.25, -0.2) is 4.98 Å². The molecule has 0 aliphatic rings. The number of phenols is 1. The van der Waals surface area contributed by atoms with Crippen molar-refractivity contribution >= 4 is 34.1 Å². The molecule has 0 fully saturated rings. The van der Waals surface area contributed by atoms with E-state index in [1.54, 1.807) is 0 Å². The second-order valence-corrected chi connectivity index (χ2v) is 7.76. The van der Waals surface area contributed by atoms with E-state index in [9.17, 15) is 30.1 Å². The Balaban J connectivity index is 1.70. The minimum atomic E-state index is -0.799. The van der Waals surface area contributed by atoms with Gasteiger partial charge in [0.2, 0.25) is 5.89 Å². The first-order valence-corrected chi connectivity index (χ1v) is 10.0. The van der Waals surface area contributed by atoms with E-state index in [0.717, 1.165) is 23.3 Å². The predicted octanol–water partition coefficient (Wildman–Crippen LogP) is 5.19. The number of fused-ring (bicyclic) bond motifs is 1. The molecule has 0 radical (unpaired) electrons. The van der Waals surface area contributed by atoms with Crippen molar-refractivity contribution < 1.29 is 24.2 Å². The molecule has 0 unspecified atom stereocenters. The van der Waals surface area contributed by atoms with Gasteiger partial charge in [-0.1, -0.05) is 0 Å². The molecule has 1 aromatic heterocycles. The number of nitrogens with zero attached hydrogens (tertiary/aromatic N) is 3.